The predicted molar refractivity (Wildman–Crippen MR) is 120 cm³/mol. The SMILES string of the molecule is CC1CN(S(=O)(=O)c2cc(C(=O)OCC(=O)NCC3CCCCC3)ccc2Cl)CC(C)O1. The number of nitrogens with zero attached hydrogens (tertiary/aromatic N) is 1. The van der Waals surface area contributed by atoms with Crippen LogP contribution in [0.1, 0.15) is 56.3 Å². The Bertz CT molecular complexity index is 922. The molecule has 0 spiro atoms. The third-order valence-corrected chi connectivity index (χ3v) is 8.13. The van der Waals surface area contributed by atoms with E-state index in [1.54, 1.807) is 13.8 Å². The van der Waals surface area contributed by atoms with E-state index in [2.05, 4.69) is 5.32 Å². The van der Waals surface area contributed by atoms with E-state index in [0.717, 1.165) is 12.8 Å². The molecule has 2 aliphatic rings. The van der Waals surface area contributed by atoms with Crippen molar-refractivity contribution in [1.82, 2.24) is 9.62 Å². The van der Waals surface area contributed by atoms with Crippen molar-refractivity contribution < 1.29 is 27.5 Å². The van der Waals surface area contributed by atoms with Crippen molar-refractivity contribution in [2.45, 2.75) is 63.1 Å². The lowest BCUT2D eigenvalue weighted by Gasteiger charge is -2.34. The summed E-state index contributed by atoms with van der Waals surface area (Å²) in [5.74, 6) is -0.685. The number of nitrogens with one attached hydrogen (secondary N) is 1. The molecule has 32 heavy (non-hydrogen) atoms. The molecule has 2 atom stereocenters. The lowest BCUT2D eigenvalue weighted by molar-refractivity contribution is -0.124. The van der Waals surface area contributed by atoms with Gasteiger partial charge in [0.15, 0.2) is 6.61 Å². The number of carbonyl (C=O) groups excluding carboxylic acids is 2. The van der Waals surface area contributed by atoms with Crippen LogP contribution in [0.4, 0.5) is 0 Å². The van der Waals surface area contributed by atoms with Gasteiger partial charge >= 0.3 is 5.97 Å². The number of benzene rings is 1. The van der Waals surface area contributed by atoms with Crippen molar-refractivity contribution in [1.29, 1.82) is 0 Å². The molecule has 1 aliphatic carbocycles. The molecule has 2 fully saturated rings. The van der Waals surface area contributed by atoms with Gasteiger partial charge in [-0.3, -0.25) is 4.79 Å². The van der Waals surface area contributed by atoms with Gasteiger partial charge in [0.2, 0.25) is 10.0 Å². The molecular formula is C22H31ClN2O6S. The number of amides is 1. The van der Waals surface area contributed by atoms with E-state index < -0.39 is 22.6 Å². The normalized spacial score (nSPS) is 23.0. The van der Waals surface area contributed by atoms with Crippen LogP contribution < -0.4 is 5.32 Å². The number of ether oxygens (including phenoxy) is 2. The fourth-order valence-corrected chi connectivity index (χ4v) is 6.30. The zero-order valence-corrected chi connectivity index (χ0v) is 20.1. The van der Waals surface area contributed by atoms with Crippen molar-refractivity contribution in [3.8, 4) is 0 Å². The number of morpholine rings is 1. The monoisotopic (exact) mass is 486 g/mol. The van der Waals surface area contributed by atoms with Crippen LogP contribution in [0.5, 0.6) is 0 Å². The van der Waals surface area contributed by atoms with E-state index in [-0.39, 0.29) is 46.7 Å². The molecule has 1 N–H and O–H groups in total. The Morgan fingerprint density at radius 1 is 1.16 bits per heavy atom. The summed E-state index contributed by atoms with van der Waals surface area (Å²) in [5.41, 5.74) is 0.0161. The summed E-state index contributed by atoms with van der Waals surface area (Å²) in [5, 5.41) is 2.82. The van der Waals surface area contributed by atoms with Crippen LogP contribution in [0.25, 0.3) is 0 Å². The minimum atomic E-state index is -3.93. The van der Waals surface area contributed by atoms with Gasteiger partial charge in [-0.2, -0.15) is 4.31 Å². The van der Waals surface area contributed by atoms with Crippen LogP contribution in [-0.2, 0) is 24.3 Å². The summed E-state index contributed by atoms with van der Waals surface area (Å²) in [6.07, 6.45) is 5.29. The molecule has 1 heterocycles. The highest BCUT2D eigenvalue weighted by Gasteiger charge is 2.34. The van der Waals surface area contributed by atoms with Gasteiger partial charge in [0, 0.05) is 19.6 Å². The maximum absolute atomic E-state index is 13.1. The summed E-state index contributed by atoms with van der Waals surface area (Å²) in [7, 11) is -3.93. The van der Waals surface area contributed by atoms with E-state index >= 15 is 0 Å². The Morgan fingerprint density at radius 3 is 2.47 bits per heavy atom. The van der Waals surface area contributed by atoms with E-state index in [1.807, 2.05) is 0 Å². The van der Waals surface area contributed by atoms with Crippen LogP contribution in [0.3, 0.4) is 0 Å². The van der Waals surface area contributed by atoms with E-state index in [1.165, 1.54) is 41.8 Å². The summed E-state index contributed by atoms with van der Waals surface area (Å²) in [6, 6.07) is 3.93. The average Bonchev–Trinajstić information content (AvgIpc) is 2.76. The third kappa shape index (κ3) is 6.43. The number of sulfonamides is 1. The molecule has 1 amide bonds. The van der Waals surface area contributed by atoms with Gasteiger partial charge in [-0.1, -0.05) is 30.9 Å². The summed E-state index contributed by atoms with van der Waals surface area (Å²) in [4.78, 5) is 24.3. The molecule has 1 aromatic carbocycles. The number of halogens is 1. The Labute approximate surface area is 194 Å². The maximum atomic E-state index is 13.1. The summed E-state index contributed by atoms with van der Waals surface area (Å²) < 4.78 is 38.3. The molecule has 3 rings (SSSR count). The fraction of sp³-hybridized carbons (Fsp3) is 0.636. The second kappa shape index (κ2) is 11.0. The minimum absolute atomic E-state index is 0.0126. The zero-order valence-electron chi connectivity index (χ0n) is 18.5. The fourth-order valence-electron chi connectivity index (χ4n) is 4.21. The molecule has 2 unspecified atom stereocenters. The van der Waals surface area contributed by atoms with Crippen molar-refractivity contribution in [2.75, 3.05) is 26.2 Å². The molecule has 10 heteroatoms. The van der Waals surface area contributed by atoms with Crippen LogP contribution in [-0.4, -0.2) is 63.0 Å². The molecule has 1 aromatic rings. The second-order valence-corrected chi connectivity index (χ2v) is 10.9. The number of carbonyl (C=O) groups is 2. The molecular weight excluding hydrogens is 456 g/mol. The van der Waals surface area contributed by atoms with Gasteiger partial charge < -0.3 is 14.8 Å². The average molecular weight is 487 g/mol. The van der Waals surface area contributed by atoms with Gasteiger partial charge in [-0.05, 0) is 50.8 Å². The van der Waals surface area contributed by atoms with Crippen molar-refractivity contribution in [3.05, 3.63) is 28.8 Å². The van der Waals surface area contributed by atoms with Gasteiger partial charge in [0.1, 0.15) is 4.90 Å². The van der Waals surface area contributed by atoms with E-state index in [0.29, 0.717) is 12.5 Å². The van der Waals surface area contributed by atoms with E-state index in [4.69, 9.17) is 21.1 Å². The Kier molecular flexibility index (Phi) is 8.55. The molecule has 8 nitrogen and oxygen atoms in total. The van der Waals surface area contributed by atoms with Gasteiger partial charge in [0.25, 0.3) is 5.91 Å². The molecule has 1 aliphatic heterocycles. The van der Waals surface area contributed by atoms with Crippen molar-refractivity contribution >= 4 is 33.5 Å². The highest BCUT2D eigenvalue weighted by Crippen LogP contribution is 2.28. The Morgan fingerprint density at radius 2 is 1.81 bits per heavy atom. The number of hydrogen-bond acceptors (Lipinski definition) is 6. The van der Waals surface area contributed by atoms with Crippen LogP contribution in [0, 0.1) is 5.92 Å². The highest BCUT2D eigenvalue weighted by molar-refractivity contribution is 7.89. The molecule has 1 saturated heterocycles. The first-order chi connectivity index (χ1) is 15.2. The number of rotatable bonds is 7. The number of esters is 1. The van der Waals surface area contributed by atoms with Gasteiger partial charge in [0.05, 0.1) is 22.8 Å². The van der Waals surface area contributed by atoms with E-state index in [9.17, 15) is 18.0 Å². The van der Waals surface area contributed by atoms with Gasteiger partial charge in [-0.25, -0.2) is 13.2 Å². The van der Waals surface area contributed by atoms with Crippen molar-refractivity contribution in [2.24, 2.45) is 5.92 Å². The summed E-state index contributed by atoms with van der Waals surface area (Å²) in [6.45, 7) is 4.14. The topological polar surface area (TPSA) is 102 Å². The molecule has 0 aromatic heterocycles. The third-order valence-electron chi connectivity index (χ3n) is 5.82. The zero-order chi connectivity index (χ0) is 23.3. The molecule has 178 valence electrons. The van der Waals surface area contributed by atoms with Crippen LogP contribution >= 0.6 is 11.6 Å². The Hall–Kier alpha value is -1.68. The smallest absolute Gasteiger partial charge is 0.338 e. The minimum Gasteiger partial charge on any atom is -0.452 e. The first-order valence-corrected chi connectivity index (χ1v) is 12.9. The molecule has 0 bridgehead atoms. The number of hydrogen-bond donors (Lipinski definition) is 1. The lowest BCUT2D eigenvalue weighted by atomic mass is 9.89. The van der Waals surface area contributed by atoms with Crippen molar-refractivity contribution in [3.63, 3.8) is 0 Å². The maximum Gasteiger partial charge on any atom is 0.338 e. The Balaban J connectivity index is 1.61. The van der Waals surface area contributed by atoms with Crippen LogP contribution in [0.2, 0.25) is 5.02 Å². The van der Waals surface area contributed by atoms with Gasteiger partial charge in [-0.15, -0.1) is 0 Å². The lowest BCUT2D eigenvalue weighted by Crippen LogP contribution is -2.48. The molecule has 0 radical (unpaired) electrons. The first-order valence-electron chi connectivity index (χ1n) is 11.1. The predicted octanol–water partition coefficient (Wildman–Crippen LogP) is 2.99. The quantitative estimate of drug-likeness (QED) is 0.594. The first kappa shape index (κ1) is 25.0. The second-order valence-electron chi connectivity index (χ2n) is 8.61. The largest absolute Gasteiger partial charge is 0.452 e. The highest BCUT2D eigenvalue weighted by atomic mass is 35.5. The van der Waals surface area contributed by atoms with Crippen LogP contribution in [0.15, 0.2) is 23.1 Å². The summed E-state index contributed by atoms with van der Waals surface area (Å²) >= 11 is 6.17. The molecule has 1 saturated carbocycles. The standard InChI is InChI=1S/C22H31ClN2O6S/c1-15-12-25(13-16(2)31-15)32(28,29)20-10-18(8-9-19(20)23)22(27)30-14-21(26)24-11-17-6-4-3-5-7-17/h8-10,15-17H,3-7,11-14H2,1-2H3,(H,24,26).